The molecule has 1 N–H and O–H groups in total. The van der Waals surface area contributed by atoms with Crippen molar-refractivity contribution in [1.29, 1.82) is 0 Å². The minimum atomic E-state index is -0.408. The molecule has 1 atom stereocenters. The second kappa shape index (κ2) is 6.60. The van der Waals surface area contributed by atoms with Crippen molar-refractivity contribution < 1.29 is 14.0 Å². The summed E-state index contributed by atoms with van der Waals surface area (Å²) in [6.07, 6.45) is 0.179. The lowest BCUT2D eigenvalue weighted by molar-refractivity contribution is -0.126. The van der Waals surface area contributed by atoms with Gasteiger partial charge in [-0.2, -0.15) is 0 Å². The third kappa shape index (κ3) is 3.39. The van der Waals surface area contributed by atoms with Gasteiger partial charge in [0.05, 0.1) is 5.92 Å². The van der Waals surface area contributed by atoms with E-state index in [4.69, 9.17) is 0 Å². The molecule has 1 aliphatic heterocycles. The number of amides is 2. The van der Waals surface area contributed by atoms with E-state index in [1.165, 1.54) is 6.07 Å². The Morgan fingerprint density at radius 1 is 1.13 bits per heavy atom. The third-order valence-corrected chi connectivity index (χ3v) is 3.97. The van der Waals surface area contributed by atoms with Crippen molar-refractivity contribution in [3.05, 3.63) is 66.0 Å². The van der Waals surface area contributed by atoms with Crippen LogP contribution in [0, 0.1) is 11.7 Å². The molecular weight excluding hydrogens is 295 g/mol. The van der Waals surface area contributed by atoms with Crippen LogP contribution in [0.15, 0.2) is 54.6 Å². The van der Waals surface area contributed by atoms with Gasteiger partial charge in [0, 0.05) is 30.8 Å². The van der Waals surface area contributed by atoms with Gasteiger partial charge in [-0.3, -0.25) is 9.59 Å². The van der Waals surface area contributed by atoms with E-state index in [0.29, 0.717) is 12.1 Å². The van der Waals surface area contributed by atoms with Crippen molar-refractivity contribution in [1.82, 2.24) is 5.32 Å². The van der Waals surface area contributed by atoms with Gasteiger partial charge in [0.2, 0.25) is 11.8 Å². The molecule has 3 rings (SSSR count). The molecule has 0 spiro atoms. The highest BCUT2D eigenvalue weighted by atomic mass is 19.1. The minimum absolute atomic E-state index is 0.0674. The first kappa shape index (κ1) is 15.2. The van der Waals surface area contributed by atoms with Gasteiger partial charge >= 0.3 is 0 Å². The van der Waals surface area contributed by atoms with Gasteiger partial charge in [0.15, 0.2) is 0 Å². The lowest BCUT2D eigenvalue weighted by Gasteiger charge is -2.16. The Kier molecular flexibility index (Phi) is 4.37. The van der Waals surface area contributed by atoms with Crippen LogP contribution in [-0.4, -0.2) is 18.4 Å². The fraction of sp³-hybridized carbons (Fsp3) is 0.222. The zero-order chi connectivity index (χ0) is 16.2. The number of carbonyl (C=O) groups excluding carboxylic acids is 2. The molecule has 1 aliphatic rings. The highest BCUT2D eigenvalue weighted by molar-refractivity contribution is 6.00. The summed E-state index contributed by atoms with van der Waals surface area (Å²) in [4.78, 5) is 26.0. The van der Waals surface area contributed by atoms with Crippen LogP contribution < -0.4 is 10.2 Å². The molecule has 1 fully saturated rings. The molecule has 1 heterocycles. The molecule has 2 amide bonds. The quantitative estimate of drug-likeness (QED) is 0.943. The lowest BCUT2D eigenvalue weighted by Crippen LogP contribution is -2.32. The average Bonchev–Trinajstić information content (AvgIpc) is 2.96. The van der Waals surface area contributed by atoms with Crippen LogP contribution >= 0.6 is 0 Å². The average molecular weight is 312 g/mol. The molecule has 4 nitrogen and oxygen atoms in total. The molecule has 0 unspecified atom stereocenters. The molecule has 0 aliphatic carbocycles. The first-order valence-corrected chi connectivity index (χ1v) is 7.51. The van der Waals surface area contributed by atoms with E-state index in [9.17, 15) is 14.0 Å². The molecule has 5 heteroatoms. The number of benzene rings is 2. The van der Waals surface area contributed by atoms with Crippen LogP contribution in [0.25, 0.3) is 0 Å². The van der Waals surface area contributed by atoms with Crippen molar-refractivity contribution in [3.8, 4) is 0 Å². The standard InChI is InChI=1S/C18H17FN2O2/c19-16-9-5-4-6-13(16)11-20-18(23)14-10-17(22)21(12-14)15-7-2-1-3-8-15/h1-9,14H,10-12H2,(H,20,23)/t14-/m0/s1. The molecule has 0 bridgehead atoms. The smallest absolute Gasteiger partial charge is 0.227 e. The maximum absolute atomic E-state index is 13.5. The van der Waals surface area contributed by atoms with E-state index in [2.05, 4.69) is 5.32 Å². The van der Waals surface area contributed by atoms with Gasteiger partial charge in [0.1, 0.15) is 5.82 Å². The molecule has 0 aromatic heterocycles. The highest BCUT2D eigenvalue weighted by Crippen LogP contribution is 2.24. The van der Waals surface area contributed by atoms with Crippen molar-refractivity contribution in [2.45, 2.75) is 13.0 Å². The van der Waals surface area contributed by atoms with Gasteiger partial charge in [-0.25, -0.2) is 4.39 Å². The van der Waals surface area contributed by atoms with Gasteiger partial charge < -0.3 is 10.2 Å². The summed E-state index contributed by atoms with van der Waals surface area (Å²) in [5.74, 6) is -1.04. The maximum atomic E-state index is 13.5. The van der Waals surface area contributed by atoms with Crippen LogP contribution in [-0.2, 0) is 16.1 Å². The monoisotopic (exact) mass is 312 g/mol. The molecule has 0 saturated carbocycles. The van der Waals surface area contributed by atoms with E-state index >= 15 is 0 Å². The summed E-state index contributed by atoms with van der Waals surface area (Å²) in [6.45, 7) is 0.480. The van der Waals surface area contributed by atoms with Crippen LogP contribution in [0.2, 0.25) is 0 Å². The van der Waals surface area contributed by atoms with Crippen LogP contribution in [0.3, 0.4) is 0 Å². The number of para-hydroxylation sites is 1. The molecule has 23 heavy (non-hydrogen) atoms. The number of carbonyl (C=O) groups is 2. The molecular formula is C18H17FN2O2. The molecule has 118 valence electrons. The Morgan fingerprint density at radius 2 is 1.83 bits per heavy atom. The van der Waals surface area contributed by atoms with Gasteiger partial charge in [0.25, 0.3) is 0 Å². The number of rotatable bonds is 4. The Labute approximate surface area is 133 Å². The Hall–Kier alpha value is -2.69. The Balaban J connectivity index is 1.61. The van der Waals surface area contributed by atoms with E-state index in [1.807, 2.05) is 30.3 Å². The summed E-state index contributed by atoms with van der Waals surface area (Å²) in [5.41, 5.74) is 1.23. The van der Waals surface area contributed by atoms with E-state index in [0.717, 1.165) is 5.69 Å². The van der Waals surface area contributed by atoms with Gasteiger partial charge in [-0.1, -0.05) is 36.4 Å². The summed E-state index contributed by atoms with van der Waals surface area (Å²) in [7, 11) is 0. The van der Waals surface area contributed by atoms with Crippen LogP contribution in [0.5, 0.6) is 0 Å². The normalized spacial score (nSPS) is 17.3. The van der Waals surface area contributed by atoms with Crippen molar-refractivity contribution in [3.63, 3.8) is 0 Å². The minimum Gasteiger partial charge on any atom is -0.352 e. The van der Waals surface area contributed by atoms with Crippen molar-refractivity contribution in [2.75, 3.05) is 11.4 Å². The number of anilines is 1. The summed E-state index contributed by atoms with van der Waals surface area (Å²) >= 11 is 0. The van der Waals surface area contributed by atoms with E-state index in [1.54, 1.807) is 23.1 Å². The van der Waals surface area contributed by atoms with Gasteiger partial charge in [-0.05, 0) is 18.2 Å². The number of hydrogen-bond donors (Lipinski definition) is 1. The predicted molar refractivity (Wildman–Crippen MR) is 85.1 cm³/mol. The van der Waals surface area contributed by atoms with Gasteiger partial charge in [-0.15, -0.1) is 0 Å². The molecule has 1 saturated heterocycles. The van der Waals surface area contributed by atoms with Crippen molar-refractivity contribution in [2.24, 2.45) is 5.92 Å². The SMILES string of the molecule is O=C(NCc1ccccc1F)[C@H]1CC(=O)N(c2ccccc2)C1. The summed E-state index contributed by atoms with van der Waals surface area (Å²) in [6, 6.07) is 15.6. The van der Waals surface area contributed by atoms with E-state index < -0.39 is 5.92 Å². The predicted octanol–water partition coefficient (Wildman–Crippen LogP) is 2.50. The number of hydrogen-bond acceptors (Lipinski definition) is 2. The first-order chi connectivity index (χ1) is 11.1. The van der Waals surface area contributed by atoms with Crippen LogP contribution in [0.4, 0.5) is 10.1 Å². The molecule has 0 radical (unpaired) electrons. The number of halogens is 1. The summed E-state index contributed by atoms with van der Waals surface area (Å²) in [5, 5.41) is 2.72. The Bertz CT molecular complexity index is 718. The second-order valence-corrected chi connectivity index (χ2v) is 5.55. The van der Waals surface area contributed by atoms with E-state index in [-0.39, 0.29) is 30.6 Å². The zero-order valence-electron chi connectivity index (χ0n) is 12.5. The molecule has 2 aromatic carbocycles. The fourth-order valence-corrected chi connectivity index (χ4v) is 2.71. The topological polar surface area (TPSA) is 49.4 Å². The lowest BCUT2D eigenvalue weighted by atomic mass is 10.1. The largest absolute Gasteiger partial charge is 0.352 e. The highest BCUT2D eigenvalue weighted by Gasteiger charge is 2.34. The second-order valence-electron chi connectivity index (χ2n) is 5.55. The zero-order valence-corrected chi connectivity index (χ0v) is 12.5. The fourth-order valence-electron chi connectivity index (χ4n) is 2.71. The van der Waals surface area contributed by atoms with Crippen molar-refractivity contribution >= 4 is 17.5 Å². The van der Waals surface area contributed by atoms with Crippen LogP contribution in [0.1, 0.15) is 12.0 Å². The third-order valence-electron chi connectivity index (χ3n) is 3.97. The Morgan fingerprint density at radius 3 is 2.57 bits per heavy atom. The maximum Gasteiger partial charge on any atom is 0.227 e. The number of nitrogens with zero attached hydrogens (tertiary/aromatic N) is 1. The summed E-state index contributed by atoms with van der Waals surface area (Å²) < 4.78 is 13.5. The molecule has 2 aromatic rings. The first-order valence-electron chi connectivity index (χ1n) is 7.51. The number of nitrogens with one attached hydrogen (secondary N) is 1.